The minimum absolute atomic E-state index is 0.0625. The standard InChI is InChI=1S/C16H19F2N5O2S/c1-2-25-11(7-20-15(26)14(17)18)8-23(9-24)10-3-5-12-13(6-4-10)22-16(19)21-12/h3-6,9,11,14H,2,7-8H2,1H3,(H,20,26)(H2,19,21,22)/t11-/m0/s1. The van der Waals surface area contributed by atoms with Gasteiger partial charge in [0.25, 0.3) is 6.43 Å². The lowest BCUT2D eigenvalue weighted by Crippen LogP contribution is -2.42. The zero-order chi connectivity index (χ0) is 19.1. The fourth-order valence-corrected chi connectivity index (χ4v) is 2.42. The molecule has 1 heterocycles. The average molecular weight is 383 g/mol. The third-order valence-electron chi connectivity index (χ3n) is 3.52. The van der Waals surface area contributed by atoms with Gasteiger partial charge in [0.1, 0.15) is 4.99 Å². The van der Waals surface area contributed by atoms with Gasteiger partial charge in [0.2, 0.25) is 12.4 Å². The van der Waals surface area contributed by atoms with E-state index in [1.807, 2.05) is 0 Å². The van der Waals surface area contributed by atoms with Crippen LogP contribution in [0.3, 0.4) is 0 Å². The molecule has 0 unspecified atom stereocenters. The molecule has 7 nitrogen and oxygen atoms in total. The third kappa shape index (κ3) is 5.27. The number of alkyl halides is 2. The molecule has 2 rings (SSSR count). The van der Waals surface area contributed by atoms with E-state index in [1.54, 1.807) is 31.2 Å². The van der Waals surface area contributed by atoms with Gasteiger partial charge in [0.05, 0.1) is 24.0 Å². The number of anilines is 2. The number of rotatable bonds is 9. The number of fused-ring (bicyclic) bond motifs is 1. The first-order chi connectivity index (χ1) is 12.4. The van der Waals surface area contributed by atoms with Gasteiger partial charge in [-0.25, -0.2) is 18.7 Å². The molecule has 3 N–H and O–H groups in total. The first kappa shape index (κ1) is 19.9. The summed E-state index contributed by atoms with van der Waals surface area (Å²) in [7, 11) is 0. The molecule has 0 aromatic carbocycles. The van der Waals surface area contributed by atoms with Gasteiger partial charge in [0.15, 0.2) is 0 Å². The highest BCUT2D eigenvalue weighted by Crippen LogP contribution is 2.22. The van der Waals surface area contributed by atoms with Crippen LogP contribution in [0.15, 0.2) is 24.3 Å². The van der Waals surface area contributed by atoms with Gasteiger partial charge in [0, 0.05) is 18.8 Å². The maximum Gasteiger partial charge on any atom is 0.288 e. The van der Waals surface area contributed by atoms with Crippen LogP contribution in [0.1, 0.15) is 6.92 Å². The summed E-state index contributed by atoms with van der Waals surface area (Å²) < 4.78 is 30.5. The van der Waals surface area contributed by atoms with Crippen LogP contribution in [-0.4, -0.2) is 53.6 Å². The van der Waals surface area contributed by atoms with Crippen LogP contribution in [0.5, 0.6) is 0 Å². The molecule has 140 valence electrons. The lowest BCUT2D eigenvalue weighted by atomic mass is 10.3. The molecule has 2 aliphatic rings. The van der Waals surface area contributed by atoms with Crippen molar-refractivity contribution in [2.24, 2.45) is 0 Å². The Balaban J connectivity index is 2.12. The number of amides is 1. The predicted octanol–water partition coefficient (Wildman–Crippen LogP) is 1.71. The molecular weight excluding hydrogens is 364 g/mol. The minimum Gasteiger partial charge on any atom is -0.375 e. The molecule has 0 spiro atoms. The number of nitrogens with two attached hydrogens (primary N) is 1. The number of hydrogen-bond donors (Lipinski definition) is 2. The van der Waals surface area contributed by atoms with Gasteiger partial charge < -0.3 is 20.7 Å². The van der Waals surface area contributed by atoms with Crippen molar-refractivity contribution >= 4 is 35.3 Å². The van der Waals surface area contributed by atoms with Crippen LogP contribution in [0.2, 0.25) is 0 Å². The summed E-state index contributed by atoms with van der Waals surface area (Å²) in [4.78, 5) is 20.5. The van der Waals surface area contributed by atoms with Crippen molar-refractivity contribution in [1.82, 2.24) is 15.3 Å². The Morgan fingerprint density at radius 2 is 1.96 bits per heavy atom. The SMILES string of the molecule is CCO[C@@H](CNC(=S)C(F)F)CN(C=O)c1ccc2nc(N)nc-2cc1. The van der Waals surface area contributed by atoms with E-state index in [2.05, 4.69) is 27.5 Å². The molecule has 0 bridgehead atoms. The number of nitrogens with one attached hydrogen (secondary N) is 1. The summed E-state index contributed by atoms with van der Waals surface area (Å²) in [6.07, 6.45) is -2.61. The smallest absolute Gasteiger partial charge is 0.288 e. The lowest BCUT2D eigenvalue weighted by Gasteiger charge is -2.24. The second kappa shape index (κ2) is 9.30. The number of carbonyl (C=O) groups is 1. The normalized spacial score (nSPS) is 12.2. The second-order valence-corrected chi connectivity index (χ2v) is 5.76. The van der Waals surface area contributed by atoms with Crippen molar-refractivity contribution in [3.63, 3.8) is 0 Å². The van der Waals surface area contributed by atoms with Crippen molar-refractivity contribution in [3.8, 4) is 11.4 Å². The predicted molar refractivity (Wildman–Crippen MR) is 98.5 cm³/mol. The summed E-state index contributed by atoms with van der Waals surface area (Å²) in [6, 6.07) is 6.80. The fourth-order valence-electron chi connectivity index (χ4n) is 2.34. The quantitative estimate of drug-likeness (QED) is 0.503. The van der Waals surface area contributed by atoms with Crippen molar-refractivity contribution in [2.75, 3.05) is 30.3 Å². The minimum atomic E-state index is -2.73. The van der Waals surface area contributed by atoms with Gasteiger partial charge in [-0.2, -0.15) is 0 Å². The van der Waals surface area contributed by atoms with E-state index in [-0.39, 0.29) is 19.0 Å². The Morgan fingerprint density at radius 1 is 1.35 bits per heavy atom. The molecule has 10 heteroatoms. The molecule has 0 fully saturated rings. The Labute approximate surface area is 154 Å². The number of hydrogen-bond acceptors (Lipinski definition) is 6. The molecule has 1 aliphatic heterocycles. The number of nitrogen functional groups attached to an aromatic ring is 1. The Morgan fingerprint density at radius 3 is 2.46 bits per heavy atom. The van der Waals surface area contributed by atoms with Crippen LogP contribution in [0.4, 0.5) is 20.4 Å². The Bertz CT molecular complexity index is 700. The Hall–Kier alpha value is -2.46. The largest absolute Gasteiger partial charge is 0.375 e. The van der Waals surface area contributed by atoms with Crippen molar-refractivity contribution in [1.29, 1.82) is 0 Å². The van der Waals surface area contributed by atoms with Gasteiger partial charge in [-0.15, -0.1) is 0 Å². The van der Waals surface area contributed by atoms with E-state index in [1.165, 1.54) is 4.90 Å². The summed E-state index contributed by atoms with van der Waals surface area (Å²) in [5.74, 6) is 0.178. The molecule has 0 aromatic rings. The maximum absolute atomic E-state index is 12.5. The summed E-state index contributed by atoms with van der Waals surface area (Å²) in [5, 5.41) is 2.46. The van der Waals surface area contributed by atoms with E-state index in [4.69, 9.17) is 10.5 Å². The fraction of sp³-hybridized carbons (Fsp3) is 0.375. The molecule has 26 heavy (non-hydrogen) atoms. The zero-order valence-corrected chi connectivity index (χ0v) is 14.9. The molecule has 1 amide bonds. The molecule has 0 saturated carbocycles. The second-order valence-electron chi connectivity index (χ2n) is 5.32. The van der Waals surface area contributed by atoms with Crippen molar-refractivity contribution in [3.05, 3.63) is 24.3 Å². The monoisotopic (exact) mass is 383 g/mol. The number of halogens is 2. The van der Waals surface area contributed by atoms with E-state index < -0.39 is 17.5 Å². The lowest BCUT2D eigenvalue weighted by molar-refractivity contribution is -0.107. The van der Waals surface area contributed by atoms with Crippen LogP contribution < -0.4 is 16.0 Å². The number of nitrogens with zero attached hydrogens (tertiary/aromatic N) is 3. The van der Waals surface area contributed by atoms with Gasteiger partial charge in [-0.3, -0.25) is 4.79 Å². The summed E-state index contributed by atoms with van der Waals surface area (Å²) in [6.45, 7) is 2.37. The van der Waals surface area contributed by atoms with E-state index in [9.17, 15) is 13.6 Å². The Kier molecular flexibility index (Phi) is 7.10. The first-order valence-electron chi connectivity index (χ1n) is 7.87. The zero-order valence-electron chi connectivity index (χ0n) is 14.1. The highest BCUT2D eigenvalue weighted by atomic mass is 32.1. The highest BCUT2D eigenvalue weighted by Gasteiger charge is 2.18. The molecule has 0 radical (unpaired) electrons. The number of thiocarbonyl (C=S) groups is 1. The molecule has 0 saturated heterocycles. The number of carbonyl (C=O) groups excluding carboxylic acids is 1. The summed E-state index contributed by atoms with van der Waals surface area (Å²) in [5.41, 5.74) is 7.34. The maximum atomic E-state index is 12.5. The van der Waals surface area contributed by atoms with Gasteiger partial charge in [-0.05, 0) is 31.2 Å². The van der Waals surface area contributed by atoms with E-state index in [0.717, 1.165) is 0 Å². The molecule has 1 aliphatic carbocycles. The van der Waals surface area contributed by atoms with Crippen molar-refractivity contribution in [2.45, 2.75) is 19.5 Å². The molecule has 0 aromatic heterocycles. The molecule has 1 atom stereocenters. The highest BCUT2D eigenvalue weighted by molar-refractivity contribution is 7.80. The third-order valence-corrected chi connectivity index (χ3v) is 3.84. The summed E-state index contributed by atoms with van der Waals surface area (Å²) >= 11 is 4.55. The van der Waals surface area contributed by atoms with E-state index in [0.29, 0.717) is 30.1 Å². The van der Waals surface area contributed by atoms with Gasteiger partial charge >= 0.3 is 0 Å². The van der Waals surface area contributed by atoms with Crippen LogP contribution >= 0.6 is 12.2 Å². The topological polar surface area (TPSA) is 93.4 Å². The average Bonchev–Trinajstić information content (AvgIpc) is 2.86. The van der Waals surface area contributed by atoms with Crippen LogP contribution in [0.25, 0.3) is 11.4 Å². The van der Waals surface area contributed by atoms with Crippen LogP contribution in [-0.2, 0) is 9.53 Å². The van der Waals surface area contributed by atoms with Crippen LogP contribution in [0, 0.1) is 0 Å². The number of ether oxygens (including phenoxy) is 1. The van der Waals surface area contributed by atoms with Crippen molar-refractivity contribution < 1.29 is 18.3 Å². The number of aromatic nitrogens is 2. The number of imidazole rings is 1. The molecular formula is C16H19F2N5O2S. The van der Waals surface area contributed by atoms with E-state index >= 15 is 0 Å². The van der Waals surface area contributed by atoms with Gasteiger partial charge in [-0.1, -0.05) is 12.2 Å². The first-order valence-corrected chi connectivity index (χ1v) is 8.28.